The Morgan fingerprint density at radius 2 is 2.00 bits per heavy atom. The van der Waals surface area contributed by atoms with Crippen LogP contribution in [-0.2, 0) is 0 Å². The van der Waals surface area contributed by atoms with E-state index >= 15 is 0 Å². The highest BCUT2D eigenvalue weighted by Crippen LogP contribution is 2.15. The molecule has 7 heteroatoms. The van der Waals surface area contributed by atoms with Crippen LogP contribution in [0.1, 0.15) is 0 Å². The summed E-state index contributed by atoms with van der Waals surface area (Å²) >= 11 is 0. The molecule has 2 N–H and O–H groups in total. The van der Waals surface area contributed by atoms with Gasteiger partial charge < -0.3 is 5.32 Å². The molecule has 1 aromatic heterocycles. The number of rotatable bonds is 2. The number of nitrogens with zero attached hydrogens (tertiary/aromatic N) is 2. The molecule has 1 aromatic carbocycles. The maximum absolute atomic E-state index is 13.2. The Hall–Kier alpha value is -2.57. The van der Waals surface area contributed by atoms with E-state index in [-0.39, 0.29) is 11.5 Å². The minimum atomic E-state index is -0.854. The highest BCUT2D eigenvalue weighted by molar-refractivity contribution is 5.99. The van der Waals surface area contributed by atoms with Crippen LogP contribution in [0.25, 0.3) is 0 Å². The second-order valence-corrected chi connectivity index (χ2v) is 3.30. The summed E-state index contributed by atoms with van der Waals surface area (Å²) in [7, 11) is 0. The van der Waals surface area contributed by atoms with Crippen molar-refractivity contribution in [3.63, 3.8) is 0 Å². The Balaban J connectivity index is 2.03. The summed E-state index contributed by atoms with van der Waals surface area (Å²) in [5.41, 5.74) is -0.122. The topological polar surface area (TPSA) is 66.9 Å². The maximum Gasteiger partial charge on any atom is 0.324 e. The summed E-state index contributed by atoms with van der Waals surface area (Å²) in [5.74, 6) is -1.30. The first kappa shape index (κ1) is 11.9. The molecule has 18 heavy (non-hydrogen) atoms. The van der Waals surface area contributed by atoms with Gasteiger partial charge in [0, 0.05) is 12.3 Å². The number of hydrogen-bond acceptors (Lipinski definition) is 3. The van der Waals surface area contributed by atoms with Crippen LogP contribution in [0.2, 0.25) is 0 Å². The van der Waals surface area contributed by atoms with E-state index in [2.05, 4.69) is 20.6 Å². The minimum Gasteiger partial charge on any atom is -0.305 e. The van der Waals surface area contributed by atoms with Gasteiger partial charge in [0.05, 0.1) is 5.69 Å². The monoisotopic (exact) mass is 250 g/mol. The van der Waals surface area contributed by atoms with E-state index in [0.717, 1.165) is 12.1 Å². The number of aromatic nitrogens is 2. The number of benzene rings is 1. The van der Waals surface area contributed by atoms with Crippen molar-refractivity contribution in [3.8, 4) is 0 Å². The van der Waals surface area contributed by atoms with Crippen LogP contribution >= 0.6 is 0 Å². The molecule has 1 heterocycles. The molecule has 2 aromatic rings. The molecule has 0 aliphatic rings. The number of amides is 2. The van der Waals surface area contributed by atoms with Gasteiger partial charge in [0.15, 0.2) is 0 Å². The molecular formula is C11H8F2N4O. The van der Waals surface area contributed by atoms with Crippen molar-refractivity contribution in [1.29, 1.82) is 0 Å². The standard InChI is InChI=1S/C11H8F2N4O/c12-7-1-2-9(8(13)5-7)16-11(18)17-10-3-4-14-6-15-10/h1-6H,(H2,14,15,16,17,18). The molecule has 2 rings (SSSR count). The van der Waals surface area contributed by atoms with Crippen LogP contribution in [0, 0.1) is 11.6 Å². The van der Waals surface area contributed by atoms with Crippen molar-refractivity contribution in [2.24, 2.45) is 0 Å². The van der Waals surface area contributed by atoms with Gasteiger partial charge in [-0.3, -0.25) is 5.32 Å². The van der Waals surface area contributed by atoms with Gasteiger partial charge in [-0.05, 0) is 18.2 Å². The number of halogens is 2. The fourth-order valence-electron chi connectivity index (χ4n) is 1.23. The van der Waals surface area contributed by atoms with Crippen LogP contribution in [0.3, 0.4) is 0 Å². The van der Waals surface area contributed by atoms with Gasteiger partial charge in [-0.1, -0.05) is 0 Å². The lowest BCUT2D eigenvalue weighted by molar-refractivity contribution is 0.262. The SMILES string of the molecule is O=C(Nc1ccncn1)Nc1ccc(F)cc1F. The van der Waals surface area contributed by atoms with E-state index in [4.69, 9.17) is 0 Å². The third-order valence-corrected chi connectivity index (χ3v) is 2.00. The van der Waals surface area contributed by atoms with Crippen molar-refractivity contribution in [2.75, 3.05) is 10.6 Å². The number of carbonyl (C=O) groups is 1. The number of hydrogen-bond donors (Lipinski definition) is 2. The van der Waals surface area contributed by atoms with Crippen LogP contribution in [0.4, 0.5) is 25.1 Å². The third kappa shape index (κ3) is 2.97. The summed E-state index contributed by atoms with van der Waals surface area (Å²) in [6.07, 6.45) is 2.70. The first-order valence-electron chi connectivity index (χ1n) is 4.94. The Labute approximate surface area is 101 Å². The quantitative estimate of drug-likeness (QED) is 0.860. The predicted molar refractivity (Wildman–Crippen MR) is 61.0 cm³/mol. The highest BCUT2D eigenvalue weighted by Gasteiger charge is 2.08. The lowest BCUT2D eigenvalue weighted by atomic mass is 10.3. The second-order valence-electron chi connectivity index (χ2n) is 3.30. The molecule has 0 aliphatic carbocycles. The van der Waals surface area contributed by atoms with E-state index in [1.54, 1.807) is 0 Å². The molecule has 0 bridgehead atoms. The summed E-state index contributed by atoms with van der Waals surface area (Å²) in [6, 6.07) is 3.65. The van der Waals surface area contributed by atoms with Gasteiger partial charge >= 0.3 is 6.03 Å². The molecule has 0 fully saturated rings. The van der Waals surface area contributed by atoms with E-state index in [1.807, 2.05) is 0 Å². The molecule has 2 amide bonds. The average Bonchev–Trinajstić information content (AvgIpc) is 2.34. The minimum absolute atomic E-state index is 0.122. The lowest BCUT2D eigenvalue weighted by Gasteiger charge is -2.07. The van der Waals surface area contributed by atoms with Gasteiger partial charge in [-0.15, -0.1) is 0 Å². The van der Waals surface area contributed by atoms with E-state index in [1.165, 1.54) is 18.6 Å². The van der Waals surface area contributed by atoms with Crippen molar-refractivity contribution in [2.45, 2.75) is 0 Å². The van der Waals surface area contributed by atoms with Gasteiger partial charge in [-0.2, -0.15) is 0 Å². The number of carbonyl (C=O) groups excluding carboxylic acids is 1. The molecule has 92 valence electrons. The molecular weight excluding hydrogens is 242 g/mol. The average molecular weight is 250 g/mol. The van der Waals surface area contributed by atoms with Crippen molar-refractivity contribution >= 4 is 17.5 Å². The van der Waals surface area contributed by atoms with Crippen molar-refractivity contribution in [1.82, 2.24) is 9.97 Å². The van der Waals surface area contributed by atoms with Gasteiger partial charge in [0.1, 0.15) is 23.8 Å². The molecule has 0 unspecified atom stereocenters. The zero-order valence-corrected chi connectivity index (χ0v) is 9.02. The molecule has 0 spiro atoms. The molecule has 0 radical (unpaired) electrons. The predicted octanol–water partition coefficient (Wildman–Crippen LogP) is 2.40. The number of urea groups is 1. The van der Waals surface area contributed by atoms with Crippen LogP contribution in [-0.4, -0.2) is 16.0 Å². The van der Waals surface area contributed by atoms with Crippen LogP contribution in [0.15, 0.2) is 36.8 Å². The molecule has 5 nitrogen and oxygen atoms in total. The fraction of sp³-hybridized carbons (Fsp3) is 0. The Kier molecular flexibility index (Phi) is 3.42. The van der Waals surface area contributed by atoms with Gasteiger partial charge in [-0.25, -0.2) is 23.5 Å². The van der Waals surface area contributed by atoms with Crippen molar-refractivity contribution in [3.05, 3.63) is 48.4 Å². The van der Waals surface area contributed by atoms with Crippen LogP contribution in [0.5, 0.6) is 0 Å². The maximum atomic E-state index is 13.2. The first-order valence-corrected chi connectivity index (χ1v) is 4.94. The zero-order chi connectivity index (χ0) is 13.0. The van der Waals surface area contributed by atoms with E-state index in [0.29, 0.717) is 6.07 Å². The van der Waals surface area contributed by atoms with E-state index < -0.39 is 17.7 Å². The van der Waals surface area contributed by atoms with Gasteiger partial charge in [0.2, 0.25) is 0 Å². The summed E-state index contributed by atoms with van der Waals surface area (Å²) in [4.78, 5) is 18.9. The Morgan fingerprint density at radius 1 is 1.17 bits per heavy atom. The summed E-state index contributed by atoms with van der Waals surface area (Å²) in [6.45, 7) is 0. The largest absolute Gasteiger partial charge is 0.324 e. The number of anilines is 2. The Morgan fingerprint density at radius 3 is 2.67 bits per heavy atom. The van der Waals surface area contributed by atoms with Crippen LogP contribution < -0.4 is 10.6 Å². The molecule has 0 saturated carbocycles. The molecule has 0 atom stereocenters. The van der Waals surface area contributed by atoms with E-state index in [9.17, 15) is 13.6 Å². The van der Waals surface area contributed by atoms with Gasteiger partial charge in [0.25, 0.3) is 0 Å². The Bertz CT molecular complexity index is 562. The normalized spacial score (nSPS) is 9.89. The fourth-order valence-corrected chi connectivity index (χ4v) is 1.23. The first-order chi connectivity index (χ1) is 8.65. The second kappa shape index (κ2) is 5.17. The molecule has 0 saturated heterocycles. The summed E-state index contributed by atoms with van der Waals surface area (Å²) in [5, 5.41) is 4.60. The highest BCUT2D eigenvalue weighted by atomic mass is 19.1. The zero-order valence-electron chi connectivity index (χ0n) is 9.02. The lowest BCUT2D eigenvalue weighted by Crippen LogP contribution is -2.20. The summed E-state index contributed by atoms with van der Waals surface area (Å²) < 4.78 is 25.9. The molecule has 0 aliphatic heterocycles. The van der Waals surface area contributed by atoms with Crippen molar-refractivity contribution < 1.29 is 13.6 Å². The smallest absolute Gasteiger partial charge is 0.305 e. The third-order valence-electron chi connectivity index (χ3n) is 2.00. The number of nitrogens with one attached hydrogen (secondary N) is 2.